The molecule has 60 heavy (non-hydrogen) atoms. The Balaban J connectivity index is 0.921. The third-order valence-electron chi connectivity index (χ3n) is 10.9. The molecule has 3 N–H and O–H groups in total. The maximum atomic E-state index is 14.0. The molecular formula is C47H58N6O6S. The molecule has 0 aliphatic carbocycles. The fraction of sp³-hybridized carbons (Fsp3) is 0.426. The molecule has 3 heterocycles. The largest absolute Gasteiger partial charge is 0.494 e. The van der Waals surface area contributed by atoms with Crippen molar-refractivity contribution >= 4 is 45.6 Å². The smallest absolute Gasteiger partial charge is 0.273 e. The Kier molecular flexibility index (Phi) is 14.2. The van der Waals surface area contributed by atoms with E-state index in [4.69, 9.17) is 14.5 Å². The number of aliphatic hydroxyl groups is 1. The Bertz CT molecular complexity index is 2250. The Morgan fingerprint density at radius 1 is 0.933 bits per heavy atom. The van der Waals surface area contributed by atoms with Crippen molar-refractivity contribution in [3.63, 3.8) is 0 Å². The van der Waals surface area contributed by atoms with Crippen LogP contribution in [-0.2, 0) is 19.1 Å². The van der Waals surface area contributed by atoms with E-state index in [1.165, 1.54) is 4.90 Å². The van der Waals surface area contributed by atoms with Crippen molar-refractivity contribution in [3.05, 3.63) is 95.6 Å². The molecule has 0 radical (unpaired) electrons. The van der Waals surface area contributed by atoms with Gasteiger partial charge in [-0.15, -0.1) is 11.3 Å². The SMILES string of the molecule is Cc1ncsc1-c1ccc([C@H](C)NC(=O)[C@@]2(O)CCCN2C(=O)[C@@H](NC(=O)COCCCCCOc2ccc3nc(-c4ccc(N(C)C)cc4)ccc3c2)C(C)(C)C)cc1. The second-order valence-electron chi connectivity index (χ2n) is 16.8. The summed E-state index contributed by atoms with van der Waals surface area (Å²) in [5.41, 5.74) is 5.96. The van der Waals surface area contributed by atoms with Crippen molar-refractivity contribution < 1.29 is 29.0 Å². The number of likely N-dealkylation sites (tertiary alicyclic amines) is 1. The number of anilines is 1. The van der Waals surface area contributed by atoms with E-state index in [1.807, 2.05) is 103 Å². The first kappa shape index (κ1) is 44.2. The number of aromatic nitrogens is 2. The minimum absolute atomic E-state index is 0.0912. The number of thiazole rings is 1. The number of fused-ring (bicyclic) bond motifs is 1. The molecule has 1 saturated heterocycles. The molecule has 1 fully saturated rings. The third kappa shape index (κ3) is 10.7. The van der Waals surface area contributed by atoms with Crippen molar-refractivity contribution in [1.29, 1.82) is 0 Å². The van der Waals surface area contributed by atoms with E-state index >= 15 is 0 Å². The fourth-order valence-electron chi connectivity index (χ4n) is 7.36. The zero-order valence-electron chi connectivity index (χ0n) is 35.8. The van der Waals surface area contributed by atoms with Gasteiger partial charge in [0.15, 0.2) is 0 Å². The second-order valence-corrected chi connectivity index (χ2v) is 17.7. The summed E-state index contributed by atoms with van der Waals surface area (Å²) in [6.45, 7) is 10.2. The highest BCUT2D eigenvalue weighted by atomic mass is 32.1. The van der Waals surface area contributed by atoms with Crippen LogP contribution in [0.5, 0.6) is 5.75 Å². The number of hydrogen-bond donors (Lipinski definition) is 3. The number of pyridine rings is 1. The van der Waals surface area contributed by atoms with E-state index in [2.05, 4.69) is 50.8 Å². The van der Waals surface area contributed by atoms with Gasteiger partial charge in [0.25, 0.3) is 5.91 Å². The Morgan fingerprint density at radius 3 is 2.33 bits per heavy atom. The molecule has 0 bridgehead atoms. The first-order valence-corrected chi connectivity index (χ1v) is 21.6. The van der Waals surface area contributed by atoms with Crippen LogP contribution in [-0.4, -0.2) is 89.9 Å². The lowest BCUT2D eigenvalue weighted by Gasteiger charge is -2.39. The van der Waals surface area contributed by atoms with Gasteiger partial charge in [0.2, 0.25) is 17.5 Å². The third-order valence-corrected chi connectivity index (χ3v) is 11.9. The lowest BCUT2D eigenvalue weighted by atomic mass is 9.85. The molecule has 0 spiro atoms. The number of aryl methyl sites for hydroxylation is 1. The van der Waals surface area contributed by atoms with Crippen molar-refractivity contribution in [1.82, 2.24) is 25.5 Å². The summed E-state index contributed by atoms with van der Waals surface area (Å²) < 4.78 is 11.7. The van der Waals surface area contributed by atoms with Crippen LogP contribution in [0.15, 0.2) is 84.4 Å². The standard InChI is InChI=1S/C47H58N6O6S/c1-31(33-12-14-35(15-13-33)42-32(2)48-30-60-42)49-45(56)47(57)24-11-25-53(47)44(55)43(46(3,4)5)51-41(54)29-58-26-9-8-10-27-59-38-21-23-40-36(28-38)18-22-39(50-40)34-16-19-37(20-17-34)52(6)7/h12-23,28,30-31,43,57H,8-11,24-27,29H2,1-7H3,(H,49,56)(H,51,54)/t31-,43+,47-/m0/s1. The molecule has 2 aromatic heterocycles. The van der Waals surface area contributed by atoms with Crippen molar-refractivity contribution in [3.8, 4) is 27.4 Å². The number of hydrogen-bond acceptors (Lipinski definition) is 10. The van der Waals surface area contributed by atoms with Gasteiger partial charge in [-0.2, -0.15) is 0 Å². The molecule has 1 aliphatic heterocycles. The molecule has 5 aromatic rings. The van der Waals surface area contributed by atoms with Crippen molar-refractivity contribution in [2.45, 2.75) is 84.5 Å². The summed E-state index contributed by atoms with van der Waals surface area (Å²) in [5, 5.41) is 18.5. The fourth-order valence-corrected chi connectivity index (χ4v) is 8.17. The van der Waals surface area contributed by atoms with E-state index in [9.17, 15) is 19.5 Å². The van der Waals surface area contributed by atoms with Gasteiger partial charge in [-0.05, 0) is 92.5 Å². The highest BCUT2D eigenvalue weighted by molar-refractivity contribution is 7.13. The maximum absolute atomic E-state index is 14.0. The maximum Gasteiger partial charge on any atom is 0.273 e. The van der Waals surface area contributed by atoms with Crippen molar-refractivity contribution in [2.24, 2.45) is 5.41 Å². The molecule has 6 rings (SSSR count). The van der Waals surface area contributed by atoms with Gasteiger partial charge >= 0.3 is 0 Å². The van der Waals surface area contributed by atoms with Crippen LogP contribution in [0.4, 0.5) is 5.69 Å². The van der Waals surface area contributed by atoms with Crippen LogP contribution < -0.4 is 20.3 Å². The predicted octanol–water partition coefficient (Wildman–Crippen LogP) is 7.68. The average molecular weight is 835 g/mol. The number of unbranched alkanes of at least 4 members (excludes halogenated alkanes) is 2. The second kappa shape index (κ2) is 19.3. The van der Waals surface area contributed by atoms with Crippen molar-refractivity contribution in [2.75, 3.05) is 45.4 Å². The highest BCUT2D eigenvalue weighted by Gasteiger charge is 2.51. The molecule has 13 heteroatoms. The van der Waals surface area contributed by atoms with Gasteiger partial charge in [-0.3, -0.25) is 14.4 Å². The van der Waals surface area contributed by atoms with Gasteiger partial charge in [-0.25, -0.2) is 9.97 Å². The lowest BCUT2D eigenvalue weighted by molar-refractivity contribution is -0.171. The molecule has 318 valence electrons. The first-order chi connectivity index (χ1) is 28.6. The normalized spacial score (nSPS) is 16.4. The topological polar surface area (TPSA) is 146 Å². The van der Waals surface area contributed by atoms with Gasteiger partial charge in [0.1, 0.15) is 18.4 Å². The summed E-state index contributed by atoms with van der Waals surface area (Å²) in [6, 6.07) is 24.8. The van der Waals surface area contributed by atoms with E-state index in [-0.39, 0.29) is 19.6 Å². The number of carbonyl (C=O) groups is 3. The number of nitrogens with one attached hydrogen (secondary N) is 2. The number of ether oxygens (including phenoxy) is 2. The molecule has 0 saturated carbocycles. The van der Waals surface area contributed by atoms with Crippen LogP contribution >= 0.6 is 11.3 Å². The van der Waals surface area contributed by atoms with Gasteiger partial charge in [0, 0.05) is 50.3 Å². The van der Waals surface area contributed by atoms with Crippen LogP contribution in [0.3, 0.4) is 0 Å². The molecule has 1 aliphatic rings. The quantitative estimate of drug-likeness (QED) is 0.0803. The van der Waals surface area contributed by atoms with Gasteiger partial charge < -0.3 is 35.0 Å². The highest BCUT2D eigenvalue weighted by Crippen LogP contribution is 2.33. The van der Waals surface area contributed by atoms with Crippen LogP contribution in [0.2, 0.25) is 0 Å². The summed E-state index contributed by atoms with van der Waals surface area (Å²) in [5.74, 6) is -0.817. The summed E-state index contributed by atoms with van der Waals surface area (Å²) in [4.78, 5) is 54.3. The molecule has 3 atom stereocenters. The predicted molar refractivity (Wildman–Crippen MR) is 238 cm³/mol. The van der Waals surface area contributed by atoms with Crippen LogP contribution in [0.1, 0.15) is 77.1 Å². The number of carbonyl (C=O) groups excluding carboxylic acids is 3. The minimum atomic E-state index is -2.05. The van der Waals surface area contributed by atoms with E-state index in [0.717, 1.165) is 74.6 Å². The summed E-state index contributed by atoms with van der Waals surface area (Å²) in [7, 11) is 4.05. The molecule has 0 unspecified atom stereocenters. The van der Waals surface area contributed by atoms with E-state index < -0.39 is 40.9 Å². The van der Waals surface area contributed by atoms with Gasteiger partial charge in [-0.1, -0.05) is 63.2 Å². The van der Waals surface area contributed by atoms with E-state index in [1.54, 1.807) is 11.3 Å². The zero-order chi connectivity index (χ0) is 43.0. The first-order valence-electron chi connectivity index (χ1n) is 20.7. The Morgan fingerprint density at radius 2 is 1.65 bits per heavy atom. The van der Waals surface area contributed by atoms with Gasteiger partial charge in [0.05, 0.1) is 39.9 Å². The lowest BCUT2D eigenvalue weighted by Crippen LogP contribution is -2.63. The monoisotopic (exact) mass is 834 g/mol. The number of rotatable bonds is 17. The number of benzene rings is 3. The summed E-state index contributed by atoms with van der Waals surface area (Å²) in [6.07, 6.45) is 2.94. The molecular weight excluding hydrogens is 777 g/mol. The number of nitrogens with zero attached hydrogens (tertiary/aromatic N) is 4. The Labute approximate surface area is 357 Å². The minimum Gasteiger partial charge on any atom is -0.494 e. The Hall–Kier alpha value is -5.37. The van der Waals surface area contributed by atoms with Crippen LogP contribution in [0.25, 0.3) is 32.6 Å². The molecule has 3 aromatic carbocycles. The van der Waals surface area contributed by atoms with E-state index in [0.29, 0.717) is 19.6 Å². The van der Waals surface area contributed by atoms with Crippen LogP contribution in [0, 0.1) is 12.3 Å². The zero-order valence-corrected chi connectivity index (χ0v) is 36.6. The summed E-state index contributed by atoms with van der Waals surface area (Å²) >= 11 is 1.57. The molecule has 12 nitrogen and oxygen atoms in total. The number of amides is 3. The average Bonchev–Trinajstić information content (AvgIpc) is 3.85. The molecule has 3 amide bonds.